The third-order valence-corrected chi connectivity index (χ3v) is 3.99. The number of hydrogen-bond donors (Lipinski definition) is 1. The number of rotatable bonds is 5. The number of anilines is 1. The highest BCUT2D eigenvalue weighted by atomic mass is 16.5. The third kappa shape index (κ3) is 3.73. The molecule has 0 bridgehead atoms. The maximum absolute atomic E-state index is 12.5. The average Bonchev–Trinajstić information content (AvgIpc) is 3.10. The molecule has 1 aromatic heterocycles. The second-order valence-corrected chi connectivity index (χ2v) is 5.71. The zero-order valence-corrected chi connectivity index (χ0v) is 14.1. The molecule has 0 aliphatic carbocycles. The van der Waals surface area contributed by atoms with E-state index >= 15 is 0 Å². The van der Waals surface area contributed by atoms with Gasteiger partial charge in [-0.3, -0.25) is 9.59 Å². The van der Waals surface area contributed by atoms with Crippen molar-refractivity contribution in [1.29, 1.82) is 5.26 Å². The summed E-state index contributed by atoms with van der Waals surface area (Å²) in [6.45, 7) is 0. The molecule has 0 spiro atoms. The summed E-state index contributed by atoms with van der Waals surface area (Å²) >= 11 is 0. The lowest BCUT2D eigenvalue weighted by molar-refractivity contribution is -0.140. The molecule has 0 fully saturated rings. The van der Waals surface area contributed by atoms with Crippen molar-refractivity contribution in [1.82, 2.24) is 0 Å². The second-order valence-electron chi connectivity index (χ2n) is 5.71. The van der Waals surface area contributed by atoms with E-state index in [0.717, 1.165) is 5.56 Å². The topological polar surface area (TPSA) is 92.3 Å². The summed E-state index contributed by atoms with van der Waals surface area (Å²) in [6.07, 6.45) is 2.34. The SMILES string of the molecule is COC(=O)CCc1ccc(NC(=O)c2occ3cc(C#N)ccc23)cc1. The molecule has 26 heavy (non-hydrogen) atoms. The Kier molecular flexibility index (Phi) is 4.99. The van der Waals surface area contributed by atoms with Crippen LogP contribution in [0.1, 0.15) is 28.1 Å². The van der Waals surface area contributed by atoms with Gasteiger partial charge in [0.15, 0.2) is 5.76 Å². The first-order chi connectivity index (χ1) is 12.6. The van der Waals surface area contributed by atoms with Crippen LogP contribution in [0.4, 0.5) is 5.69 Å². The van der Waals surface area contributed by atoms with Crippen molar-refractivity contribution >= 4 is 28.3 Å². The van der Waals surface area contributed by atoms with E-state index in [4.69, 9.17) is 9.68 Å². The van der Waals surface area contributed by atoms with Crippen LogP contribution in [0.2, 0.25) is 0 Å². The Labute approximate surface area is 150 Å². The zero-order valence-electron chi connectivity index (χ0n) is 14.1. The predicted molar refractivity (Wildman–Crippen MR) is 95.7 cm³/mol. The van der Waals surface area contributed by atoms with E-state index in [0.29, 0.717) is 34.9 Å². The lowest BCUT2D eigenvalue weighted by atomic mass is 10.1. The van der Waals surface area contributed by atoms with Gasteiger partial charge in [-0.1, -0.05) is 12.1 Å². The molecule has 6 nitrogen and oxygen atoms in total. The number of carbonyl (C=O) groups excluding carboxylic acids is 2. The molecule has 1 N–H and O–H groups in total. The van der Waals surface area contributed by atoms with Gasteiger partial charge in [-0.2, -0.15) is 5.26 Å². The van der Waals surface area contributed by atoms with Gasteiger partial charge >= 0.3 is 5.97 Å². The molecule has 3 rings (SSSR count). The van der Waals surface area contributed by atoms with Crippen LogP contribution >= 0.6 is 0 Å². The van der Waals surface area contributed by atoms with E-state index in [1.807, 2.05) is 12.1 Å². The van der Waals surface area contributed by atoms with Gasteiger partial charge in [0.05, 0.1) is 25.0 Å². The van der Waals surface area contributed by atoms with E-state index in [9.17, 15) is 9.59 Å². The quantitative estimate of drug-likeness (QED) is 0.710. The normalized spacial score (nSPS) is 10.3. The fraction of sp³-hybridized carbons (Fsp3) is 0.150. The Morgan fingerprint density at radius 3 is 2.65 bits per heavy atom. The number of benzene rings is 2. The number of nitrogens with zero attached hydrogens (tertiary/aromatic N) is 1. The van der Waals surface area contributed by atoms with Gasteiger partial charge in [0.2, 0.25) is 0 Å². The van der Waals surface area contributed by atoms with Gasteiger partial charge < -0.3 is 14.5 Å². The molecule has 0 aliphatic rings. The summed E-state index contributed by atoms with van der Waals surface area (Å²) < 4.78 is 9.99. The Hall–Kier alpha value is -3.59. The molecule has 130 valence electrons. The summed E-state index contributed by atoms with van der Waals surface area (Å²) in [7, 11) is 1.36. The highest BCUT2D eigenvalue weighted by Gasteiger charge is 2.15. The lowest BCUT2D eigenvalue weighted by Gasteiger charge is -2.05. The molecule has 2 aromatic carbocycles. The van der Waals surface area contributed by atoms with Gasteiger partial charge in [-0.15, -0.1) is 0 Å². The van der Waals surface area contributed by atoms with Gasteiger partial charge in [-0.25, -0.2) is 0 Å². The number of esters is 1. The van der Waals surface area contributed by atoms with Crippen LogP contribution in [0, 0.1) is 11.3 Å². The second kappa shape index (κ2) is 7.53. The molecule has 0 saturated heterocycles. The summed E-state index contributed by atoms with van der Waals surface area (Å²) in [5, 5.41) is 13.1. The molecule has 0 radical (unpaired) electrons. The minimum absolute atomic E-state index is 0.194. The monoisotopic (exact) mass is 348 g/mol. The highest BCUT2D eigenvalue weighted by molar-refractivity contribution is 6.11. The molecule has 0 saturated carbocycles. The number of methoxy groups -OCH3 is 1. The number of fused-ring (bicyclic) bond motifs is 1. The van der Waals surface area contributed by atoms with E-state index in [1.54, 1.807) is 30.3 Å². The molecule has 0 aliphatic heterocycles. The first-order valence-electron chi connectivity index (χ1n) is 7.99. The van der Waals surface area contributed by atoms with E-state index in [1.165, 1.54) is 13.4 Å². The van der Waals surface area contributed by atoms with Crippen LogP contribution in [0.3, 0.4) is 0 Å². The molecule has 1 heterocycles. The standard InChI is InChI=1S/C20H16N2O4/c1-25-18(23)9-5-13-2-6-16(7-3-13)22-20(24)19-17-8-4-14(11-21)10-15(17)12-26-19/h2-4,6-8,10,12H,5,9H2,1H3,(H,22,24). The third-order valence-electron chi connectivity index (χ3n) is 3.99. The lowest BCUT2D eigenvalue weighted by Crippen LogP contribution is -2.11. The van der Waals surface area contributed by atoms with Crippen molar-refractivity contribution in [3.8, 4) is 6.07 Å². The first-order valence-corrected chi connectivity index (χ1v) is 7.99. The minimum atomic E-state index is -0.369. The zero-order chi connectivity index (χ0) is 18.5. The number of hydrogen-bond acceptors (Lipinski definition) is 5. The van der Waals surface area contributed by atoms with Crippen molar-refractivity contribution in [2.45, 2.75) is 12.8 Å². The fourth-order valence-corrected chi connectivity index (χ4v) is 2.59. The van der Waals surface area contributed by atoms with Crippen LogP contribution in [0.5, 0.6) is 0 Å². The number of amides is 1. The molecular weight excluding hydrogens is 332 g/mol. The van der Waals surface area contributed by atoms with Crippen molar-refractivity contribution in [2.75, 3.05) is 12.4 Å². The van der Waals surface area contributed by atoms with Gasteiger partial charge in [0, 0.05) is 22.9 Å². The van der Waals surface area contributed by atoms with Crippen LogP contribution in [-0.4, -0.2) is 19.0 Å². The molecule has 6 heteroatoms. The largest absolute Gasteiger partial charge is 0.469 e. The predicted octanol–water partition coefficient (Wildman–Crippen LogP) is 3.66. The Balaban J connectivity index is 1.70. The number of nitrogens with one attached hydrogen (secondary N) is 1. The summed E-state index contributed by atoms with van der Waals surface area (Å²) in [4.78, 5) is 23.6. The van der Waals surface area contributed by atoms with E-state index < -0.39 is 0 Å². The van der Waals surface area contributed by atoms with Crippen molar-refractivity contribution in [2.24, 2.45) is 0 Å². The molecular formula is C20H16N2O4. The van der Waals surface area contributed by atoms with Crippen molar-refractivity contribution in [3.63, 3.8) is 0 Å². The average molecular weight is 348 g/mol. The number of nitriles is 1. The van der Waals surface area contributed by atoms with Crippen LogP contribution in [-0.2, 0) is 16.0 Å². The smallest absolute Gasteiger partial charge is 0.305 e. The molecule has 3 aromatic rings. The maximum atomic E-state index is 12.5. The Morgan fingerprint density at radius 2 is 1.96 bits per heavy atom. The number of carbonyl (C=O) groups is 2. The summed E-state index contributed by atoms with van der Waals surface area (Å²) in [5.41, 5.74) is 2.10. The first kappa shape index (κ1) is 17.2. The van der Waals surface area contributed by atoms with E-state index in [-0.39, 0.29) is 17.6 Å². The van der Waals surface area contributed by atoms with Gasteiger partial charge in [0.1, 0.15) is 0 Å². The molecule has 1 amide bonds. The van der Waals surface area contributed by atoms with Crippen molar-refractivity contribution in [3.05, 3.63) is 65.6 Å². The van der Waals surface area contributed by atoms with Crippen LogP contribution in [0.25, 0.3) is 10.8 Å². The van der Waals surface area contributed by atoms with Gasteiger partial charge in [-0.05, 0) is 42.3 Å². The van der Waals surface area contributed by atoms with E-state index in [2.05, 4.69) is 16.1 Å². The fourth-order valence-electron chi connectivity index (χ4n) is 2.59. The summed E-state index contributed by atoms with van der Waals surface area (Å²) in [6, 6.07) is 14.3. The Morgan fingerprint density at radius 1 is 1.19 bits per heavy atom. The highest BCUT2D eigenvalue weighted by Crippen LogP contribution is 2.23. The number of aryl methyl sites for hydroxylation is 1. The van der Waals surface area contributed by atoms with Gasteiger partial charge in [0.25, 0.3) is 5.91 Å². The molecule has 0 unspecified atom stereocenters. The van der Waals surface area contributed by atoms with Crippen LogP contribution in [0.15, 0.2) is 53.1 Å². The maximum Gasteiger partial charge on any atom is 0.305 e. The Bertz CT molecular complexity index is 997. The van der Waals surface area contributed by atoms with Crippen molar-refractivity contribution < 1.29 is 18.7 Å². The number of furan rings is 1. The minimum Gasteiger partial charge on any atom is -0.469 e. The number of ether oxygens (including phenoxy) is 1. The molecule has 0 atom stereocenters. The van der Waals surface area contributed by atoms with Crippen LogP contribution < -0.4 is 5.32 Å². The summed E-state index contributed by atoms with van der Waals surface area (Å²) in [5.74, 6) is -0.432.